The fourth-order valence-corrected chi connectivity index (χ4v) is 3.46. The third-order valence-electron chi connectivity index (χ3n) is 4.91. The van der Waals surface area contributed by atoms with Crippen LogP contribution in [-0.4, -0.2) is 79.5 Å². The Bertz CT molecular complexity index is 497. The highest BCUT2D eigenvalue weighted by Crippen LogP contribution is 2.17. The van der Waals surface area contributed by atoms with Gasteiger partial charge in [-0.2, -0.15) is 0 Å². The van der Waals surface area contributed by atoms with Crippen LogP contribution in [0.25, 0.3) is 0 Å². The minimum Gasteiger partial charge on any atom is -0.494 e. The summed E-state index contributed by atoms with van der Waals surface area (Å²) in [6, 6.07) is 6.16. The van der Waals surface area contributed by atoms with Gasteiger partial charge < -0.3 is 20.1 Å². The van der Waals surface area contributed by atoms with Gasteiger partial charge in [0.1, 0.15) is 11.6 Å². The second-order valence-electron chi connectivity index (χ2n) is 6.92. The maximum atomic E-state index is 12.8. The van der Waals surface area contributed by atoms with E-state index in [1.807, 2.05) is 0 Å². The van der Waals surface area contributed by atoms with E-state index in [0.29, 0.717) is 13.2 Å². The highest BCUT2D eigenvalue weighted by Gasteiger charge is 2.33. The van der Waals surface area contributed by atoms with Gasteiger partial charge in [-0.15, -0.1) is 0 Å². The van der Waals surface area contributed by atoms with Crippen molar-refractivity contribution in [1.29, 1.82) is 0 Å². The van der Waals surface area contributed by atoms with Gasteiger partial charge in [0, 0.05) is 45.8 Å². The highest BCUT2D eigenvalue weighted by molar-refractivity contribution is 5.21. The molecule has 5 nitrogen and oxygen atoms in total. The molecule has 0 saturated carbocycles. The molecule has 2 aliphatic rings. The van der Waals surface area contributed by atoms with Crippen molar-refractivity contribution in [3.8, 4) is 5.75 Å². The average molecular weight is 337 g/mol. The van der Waals surface area contributed by atoms with Crippen LogP contribution in [0.4, 0.5) is 4.39 Å². The molecule has 0 unspecified atom stereocenters. The van der Waals surface area contributed by atoms with Crippen molar-refractivity contribution < 1.29 is 14.2 Å². The van der Waals surface area contributed by atoms with Crippen LogP contribution in [0.2, 0.25) is 0 Å². The first kappa shape index (κ1) is 17.6. The van der Waals surface area contributed by atoms with E-state index in [9.17, 15) is 9.50 Å². The van der Waals surface area contributed by atoms with E-state index in [0.717, 1.165) is 64.4 Å². The zero-order valence-electron chi connectivity index (χ0n) is 14.2. The maximum absolute atomic E-state index is 12.8. The van der Waals surface area contributed by atoms with E-state index >= 15 is 0 Å². The first-order valence-electron chi connectivity index (χ1n) is 8.89. The number of rotatable bonds is 7. The molecule has 3 rings (SSSR count). The van der Waals surface area contributed by atoms with Crippen molar-refractivity contribution >= 4 is 0 Å². The molecule has 2 aliphatic heterocycles. The second kappa shape index (κ2) is 8.25. The highest BCUT2D eigenvalue weighted by atomic mass is 19.1. The van der Waals surface area contributed by atoms with E-state index in [-0.39, 0.29) is 5.82 Å². The Labute approximate surface area is 143 Å². The fraction of sp³-hybridized carbons (Fsp3) is 0.667. The molecule has 0 spiro atoms. The number of hydrogen-bond donors (Lipinski definition) is 2. The predicted octanol–water partition coefficient (Wildman–Crippen LogP) is 0.937. The van der Waals surface area contributed by atoms with Crippen molar-refractivity contribution in [1.82, 2.24) is 15.1 Å². The number of ether oxygens (including phenoxy) is 1. The van der Waals surface area contributed by atoms with Crippen LogP contribution >= 0.6 is 0 Å². The molecular weight excluding hydrogens is 309 g/mol. The van der Waals surface area contributed by atoms with Gasteiger partial charge in [0.25, 0.3) is 0 Å². The Morgan fingerprint density at radius 3 is 2.50 bits per heavy atom. The van der Waals surface area contributed by atoms with Gasteiger partial charge in [0.15, 0.2) is 0 Å². The van der Waals surface area contributed by atoms with Crippen molar-refractivity contribution in [3.63, 3.8) is 0 Å². The van der Waals surface area contributed by atoms with Gasteiger partial charge in [-0.3, -0.25) is 4.90 Å². The Kier molecular flexibility index (Phi) is 6.05. The molecule has 2 saturated heterocycles. The zero-order valence-corrected chi connectivity index (χ0v) is 14.2. The van der Waals surface area contributed by atoms with Gasteiger partial charge in [0.2, 0.25) is 0 Å². The van der Waals surface area contributed by atoms with Gasteiger partial charge in [-0.1, -0.05) is 0 Å². The molecule has 24 heavy (non-hydrogen) atoms. The van der Waals surface area contributed by atoms with Crippen molar-refractivity contribution in [3.05, 3.63) is 30.1 Å². The normalized spacial score (nSPS) is 25.9. The van der Waals surface area contributed by atoms with E-state index in [4.69, 9.17) is 4.74 Å². The zero-order chi connectivity index (χ0) is 16.8. The summed E-state index contributed by atoms with van der Waals surface area (Å²) in [7, 11) is 0. The molecule has 6 heteroatoms. The molecular formula is C18H28FN3O2. The summed E-state index contributed by atoms with van der Waals surface area (Å²) >= 11 is 0. The van der Waals surface area contributed by atoms with Crippen LogP contribution in [-0.2, 0) is 0 Å². The molecule has 1 aromatic rings. The minimum atomic E-state index is -0.537. The molecule has 0 amide bonds. The number of nitrogens with one attached hydrogen (secondary N) is 1. The summed E-state index contributed by atoms with van der Waals surface area (Å²) in [5.74, 6) is 0.484. The monoisotopic (exact) mass is 337 g/mol. The summed E-state index contributed by atoms with van der Waals surface area (Å²) in [4.78, 5) is 4.82. The van der Waals surface area contributed by atoms with Crippen molar-refractivity contribution in [2.24, 2.45) is 0 Å². The summed E-state index contributed by atoms with van der Waals surface area (Å²) in [5.41, 5.74) is -0.537. The van der Waals surface area contributed by atoms with Gasteiger partial charge >= 0.3 is 0 Å². The number of benzene rings is 1. The van der Waals surface area contributed by atoms with Crippen LogP contribution < -0.4 is 10.1 Å². The molecule has 2 N–H and O–H groups in total. The number of halogens is 1. The fourth-order valence-electron chi connectivity index (χ4n) is 3.46. The number of hydrogen-bond acceptors (Lipinski definition) is 5. The van der Waals surface area contributed by atoms with Crippen molar-refractivity contribution in [2.45, 2.75) is 18.4 Å². The topological polar surface area (TPSA) is 48.0 Å². The standard InChI is InChI=1S/C18H28FN3O2/c19-16-2-4-17(5-3-16)24-13-1-8-21-9-11-22(12-10-21)15-18(23)6-7-20-14-18/h2-5,20,23H,1,6-15H2/t18-/m0/s1. The lowest BCUT2D eigenvalue weighted by atomic mass is 10.0. The smallest absolute Gasteiger partial charge is 0.123 e. The Morgan fingerprint density at radius 1 is 1.12 bits per heavy atom. The predicted molar refractivity (Wildman–Crippen MR) is 91.8 cm³/mol. The summed E-state index contributed by atoms with van der Waals surface area (Å²) in [6.07, 6.45) is 1.82. The van der Waals surface area contributed by atoms with Crippen LogP contribution in [0.1, 0.15) is 12.8 Å². The van der Waals surface area contributed by atoms with Gasteiger partial charge in [-0.05, 0) is 43.7 Å². The van der Waals surface area contributed by atoms with Crippen LogP contribution in [0, 0.1) is 5.82 Å². The SMILES string of the molecule is O[C@@]1(CN2CCN(CCCOc3ccc(F)cc3)CC2)CCNC1. The lowest BCUT2D eigenvalue weighted by molar-refractivity contribution is 0.00483. The first-order chi connectivity index (χ1) is 11.6. The molecule has 134 valence electrons. The van der Waals surface area contributed by atoms with Crippen LogP contribution in [0.5, 0.6) is 5.75 Å². The largest absolute Gasteiger partial charge is 0.494 e. The van der Waals surface area contributed by atoms with Crippen LogP contribution in [0.15, 0.2) is 24.3 Å². The summed E-state index contributed by atoms with van der Waals surface area (Å²) < 4.78 is 18.4. The third-order valence-corrected chi connectivity index (χ3v) is 4.91. The minimum absolute atomic E-state index is 0.238. The van der Waals surface area contributed by atoms with E-state index in [1.54, 1.807) is 12.1 Å². The summed E-state index contributed by atoms with van der Waals surface area (Å²) in [6.45, 7) is 8.19. The Hall–Kier alpha value is -1.21. The second-order valence-corrected chi connectivity index (χ2v) is 6.92. The Balaban J connectivity index is 1.29. The molecule has 0 aliphatic carbocycles. The van der Waals surface area contributed by atoms with E-state index in [2.05, 4.69) is 15.1 Å². The van der Waals surface area contributed by atoms with E-state index in [1.165, 1.54) is 12.1 Å². The number of piperazine rings is 1. The Morgan fingerprint density at radius 2 is 1.83 bits per heavy atom. The van der Waals surface area contributed by atoms with Gasteiger partial charge in [0.05, 0.1) is 12.2 Å². The van der Waals surface area contributed by atoms with Crippen molar-refractivity contribution in [2.75, 3.05) is 59.0 Å². The lowest BCUT2D eigenvalue weighted by Crippen LogP contribution is -2.52. The quantitative estimate of drug-likeness (QED) is 0.725. The molecule has 1 atom stereocenters. The average Bonchev–Trinajstić information content (AvgIpc) is 3.01. The molecule has 2 heterocycles. The maximum Gasteiger partial charge on any atom is 0.123 e. The first-order valence-corrected chi connectivity index (χ1v) is 8.89. The molecule has 0 aromatic heterocycles. The number of nitrogens with zero attached hydrogens (tertiary/aromatic N) is 2. The summed E-state index contributed by atoms with van der Waals surface area (Å²) in [5, 5.41) is 13.7. The molecule has 1 aromatic carbocycles. The number of aliphatic hydroxyl groups is 1. The van der Waals surface area contributed by atoms with Crippen LogP contribution in [0.3, 0.4) is 0 Å². The molecule has 0 bridgehead atoms. The lowest BCUT2D eigenvalue weighted by Gasteiger charge is -2.38. The molecule has 2 fully saturated rings. The number of β-amino-alcohol motifs (C(OH)–C–C–N with tert-alkyl or cyclic N) is 1. The van der Waals surface area contributed by atoms with Gasteiger partial charge in [-0.25, -0.2) is 4.39 Å². The third kappa shape index (κ3) is 5.14. The van der Waals surface area contributed by atoms with E-state index < -0.39 is 5.60 Å². The molecule has 0 radical (unpaired) electrons.